The number of hydrogen-bond acceptors (Lipinski definition) is 6. The van der Waals surface area contributed by atoms with E-state index in [2.05, 4.69) is 12.4 Å². The Balaban J connectivity index is 1.62. The topological polar surface area (TPSA) is 142 Å². The molecule has 1 heterocycles. The number of esters is 1. The van der Waals surface area contributed by atoms with Crippen LogP contribution in [0.25, 0.3) is 0 Å². The van der Waals surface area contributed by atoms with Crippen LogP contribution in [-0.2, 0) is 22.5 Å². The number of carbonyl (C=O) groups excluding carboxylic acids is 3. The van der Waals surface area contributed by atoms with E-state index in [1.54, 1.807) is 60.4 Å². The maximum atomic E-state index is 14.0. The number of nitrogens with zero attached hydrogens (tertiary/aromatic N) is 2. The largest absolute Gasteiger partial charge is 0.508 e. The number of nitrogens with one attached hydrogen (secondary N) is 1. The van der Waals surface area contributed by atoms with Gasteiger partial charge in [-0.1, -0.05) is 24.3 Å². The molecule has 0 saturated carbocycles. The van der Waals surface area contributed by atoms with Crippen LogP contribution in [0.4, 0.5) is 10.5 Å². The molecular formula is C32H39N4O6+. The summed E-state index contributed by atoms with van der Waals surface area (Å²) in [6.45, 7) is 4.08. The highest BCUT2D eigenvalue weighted by Crippen LogP contribution is 2.28. The number of anilines is 1. The van der Waals surface area contributed by atoms with Gasteiger partial charge in [0.15, 0.2) is 0 Å². The second-order valence-electron chi connectivity index (χ2n) is 11.1. The van der Waals surface area contributed by atoms with Crippen molar-refractivity contribution in [2.75, 3.05) is 32.1 Å². The molecule has 0 radical (unpaired) electrons. The third kappa shape index (κ3) is 7.79. The number of primary amides is 1. The van der Waals surface area contributed by atoms with Gasteiger partial charge in [0.2, 0.25) is 5.91 Å². The Kier molecular flexibility index (Phi) is 9.69. The number of benzene rings is 3. The average Bonchev–Trinajstić information content (AvgIpc) is 2.94. The van der Waals surface area contributed by atoms with Crippen LogP contribution in [0.2, 0.25) is 0 Å². The van der Waals surface area contributed by atoms with Crippen LogP contribution in [0.3, 0.4) is 0 Å². The molecule has 1 fully saturated rings. The highest BCUT2D eigenvalue weighted by atomic mass is 16.5. The SMILES string of the molecule is CCOC(=O)c1ccc(NC(=O)N(C2CCC[N+](C)(Cc3cccc(O)c3)C2)[C@@H](Cc2ccc(O)cc2)C(N)=O)cc1. The fraction of sp³-hybridized carbons (Fsp3) is 0.344. The molecule has 4 rings (SSSR count). The van der Waals surface area contributed by atoms with Crippen LogP contribution in [0.1, 0.15) is 41.3 Å². The number of aromatic hydroxyl groups is 2. The van der Waals surface area contributed by atoms with Crippen LogP contribution in [0.15, 0.2) is 72.8 Å². The predicted molar refractivity (Wildman–Crippen MR) is 159 cm³/mol. The zero-order chi connectivity index (χ0) is 30.3. The van der Waals surface area contributed by atoms with Crippen molar-refractivity contribution in [3.63, 3.8) is 0 Å². The maximum Gasteiger partial charge on any atom is 0.338 e. The fourth-order valence-electron chi connectivity index (χ4n) is 5.71. The van der Waals surface area contributed by atoms with Crippen LogP contribution in [0, 0.1) is 0 Å². The van der Waals surface area contributed by atoms with Crippen molar-refractivity contribution >= 4 is 23.6 Å². The van der Waals surface area contributed by atoms with Crippen molar-refractivity contribution in [3.05, 3.63) is 89.5 Å². The first kappa shape index (κ1) is 30.4. The minimum atomic E-state index is -0.953. The summed E-state index contributed by atoms with van der Waals surface area (Å²) in [6.07, 6.45) is 1.68. The molecule has 3 amide bonds. The van der Waals surface area contributed by atoms with Crippen molar-refractivity contribution in [2.24, 2.45) is 5.73 Å². The zero-order valence-electron chi connectivity index (χ0n) is 24.0. The lowest BCUT2D eigenvalue weighted by atomic mass is 9.96. The molecule has 3 atom stereocenters. The molecule has 42 heavy (non-hydrogen) atoms. The molecule has 0 bridgehead atoms. The number of hydrogen-bond donors (Lipinski definition) is 4. The van der Waals surface area contributed by atoms with Crippen molar-refractivity contribution in [1.82, 2.24) is 4.90 Å². The number of urea groups is 1. The van der Waals surface area contributed by atoms with E-state index < -0.39 is 23.9 Å². The number of phenols is 2. The van der Waals surface area contributed by atoms with Crippen LogP contribution in [0.5, 0.6) is 11.5 Å². The lowest BCUT2D eigenvalue weighted by Crippen LogP contribution is -2.62. The molecule has 10 nitrogen and oxygen atoms in total. The average molecular weight is 576 g/mol. The number of quaternary nitrogens is 1. The van der Waals surface area contributed by atoms with Crippen molar-refractivity contribution in [3.8, 4) is 11.5 Å². The van der Waals surface area contributed by atoms with E-state index in [1.165, 1.54) is 12.1 Å². The Hall–Kier alpha value is -4.57. The van der Waals surface area contributed by atoms with E-state index in [9.17, 15) is 24.6 Å². The summed E-state index contributed by atoms with van der Waals surface area (Å²) in [7, 11) is 2.11. The number of likely N-dealkylation sites (tertiary alicyclic amines) is 1. The first-order valence-electron chi connectivity index (χ1n) is 14.1. The minimum Gasteiger partial charge on any atom is -0.508 e. The lowest BCUT2D eigenvalue weighted by molar-refractivity contribution is -0.928. The van der Waals surface area contributed by atoms with E-state index >= 15 is 0 Å². The fourth-order valence-corrected chi connectivity index (χ4v) is 5.71. The molecule has 0 aromatic heterocycles. The first-order chi connectivity index (χ1) is 20.1. The van der Waals surface area contributed by atoms with Crippen molar-refractivity contribution in [2.45, 2.75) is 44.8 Å². The normalized spacial score (nSPS) is 19.0. The van der Waals surface area contributed by atoms with Gasteiger partial charge in [0, 0.05) is 17.7 Å². The minimum absolute atomic E-state index is 0.0996. The zero-order valence-corrected chi connectivity index (χ0v) is 24.0. The molecule has 1 aliphatic heterocycles. The molecule has 1 saturated heterocycles. The van der Waals surface area contributed by atoms with Crippen molar-refractivity contribution < 1.29 is 33.8 Å². The maximum absolute atomic E-state index is 14.0. The Morgan fingerprint density at radius 1 is 1.02 bits per heavy atom. The summed E-state index contributed by atoms with van der Waals surface area (Å²) in [6, 6.07) is 18.3. The molecule has 10 heteroatoms. The standard InChI is InChI=1S/C32H38N4O6/c1-3-42-31(40)24-11-13-25(14-12-24)34-32(41)35(29(30(33)39)19-22-9-15-27(37)16-10-22)26-7-5-17-36(2,21-26)20-23-6-4-8-28(38)18-23/h4,6,8-16,18,26,29H,3,5,7,17,19-21H2,1-2H3,(H4-,33,34,37,38,39,40,41)/p+1/t26?,29-,36?/m0/s1. The van der Waals surface area contributed by atoms with E-state index in [0.717, 1.165) is 24.1 Å². The Bertz CT molecular complexity index is 1390. The van der Waals surface area contributed by atoms with E-state index in [-0.39, 0.29) is 30.6 Å². The van der Waals surface area contributed by atoms with Crippen LogP contribution in [-0.4, -0.2) is 76.3 Å². The number of piperidine rings is 1. The molecule has 0 spiro atoms. The molecule has 0 aliphatic carbocycles. The van der Waals surface area contributed by atoms with Crippen LogP contribution >= 0.6 is 0 Å². The highest BCUT2D eigenvalue weighted by molar-refractivity contribution is 5.95. The summed E-state index contributed by atoms with van der Waals surface area (Å²) in [5.74, 6) is -0.790. The molecule has 5 N–H and O–H groups in total. The number of phenolic OH excluding ortho intramolecular Hbond substituents is 2. The number of amides is 3. The molecule has 2 unspecified atom stereocenters. The van der Waals surface area contributed by atoms with Gasteiger partial charge in [0.25, 0.3) is 0 Å². The molecular weight excluding hydrogens is 536 g/mol. The first-order valence-corrected chi connectivity index (χ1v) is 14.1. The highest BCUT2D eigenvalue weighted by Gasteiger charge is 2.41. The van der Waals surface area contributed by atoms with Gasteiger partial charge in [0.1, 0.15) is 24.1 Å². The molecule has 3 aromatic carbocycles. The summed E-state index contributed by atoms with van der Waals surface area (Å²) in [5, 5.41) is 22.6. The Morgan fingerprint density at radius 2 is 1.74 bits per heavy atom. The van der Waals surface area contributed by atoms with Gasteiger partial charge in [0.05, 0.1) is 38.3 Å². The Morgan fingerprint density at radius 3 is 2.38 bits per heavy atom. The summed E-state index contributed by atoms with van der Waals surface area (Å²) in [4.78, 5) is 40.5. The second-order valence-corrected chi connectivity index (χ2v) is 11.1. The number of rotatable bonds is 10. The molecule has 3 aromatic rings. The number of nitrogens with two attached hydrogens (primary N) is 1. The van der Waals surface area contributed by atoms with Gasteiger partial charge < -0.3 is 35.4 Å². The molecule has 222 valence electrons. The van der Waals surface area contributed by atoms with E-state index in [4.69, 9.17) is 10.5 Å². The van der Waals surface area contributed by atoms with Gasteiger partial charge in [-0.15, -0.1) is 0 Å². The van der Waals surface area contributed by atoms with E-state index in [1.807, 2.05) is 12.1 Å². The van der Waals surface area contributed by atoms with Gasteiger partial charge in [-0.25, -0.2) is 9.59 Å². The summed E-state index contributed by atoms with van der Waals surface area (Å²) >= 11 is 0. The predicted octanol–water partition coefficient (Wildman–Crippen LogP) is 4.01. The number of carbonyl (C=O) groups is 3. The van der Waals surface area contributed by atoms with Gasteiger partial charge in [-0.2, -0.15) is 0 Å². The second kappa shape index (κ2) is 13.4. The van der Waals surface area contributed by atoms with Gasteiger partial charge in [-0.3, -0.25) is 4.79 Å². The lowest BCUT2D eigenvalue weighted by Gasteiger charge is -2.46. The van der Waals surface area contributed by atoms with E-state index in [0.29, 0.717) is 35.2 Å². The quantitative estimate of drug-likeness (QED) is 0.213. The van der Waals surface area contributed by atoms with Crippen LogP contribution < -0.4 is 11.1 Å². The number of ether oxygens (including phenoxy) is 1. The Labute approximate surface area is 245 Å². The summed E-state index contributed by atoms with van der Waals surface area (Å²) in [5.41, 5.74) is 8.50. The third-order valence-corrected chi connectivity index (χ3v) is 7.67. The monoisotopic (exact) mass is 575 g/mol. The summed E-state index contributed by atoms with van der Waals surface area (Å²) < 4.78 is 5.65. The van der Waals surface area contributed by atoms with Gasteiger partial charge >= 0.3 is 12.0 Å². The number of likely N-dealkylation sites (N-methyl/N-ethyl adjacent to an activating group) is 1. The van der Waals surface area contributed by atoms with Crippen molar-refractivity contribution in [1.29, 1.82) is 0 Å². The third-order valence-electron chi connectivity index (χ3n) is 7.67. The molecule has 1 aliphatic rings. The smallest absolute Gasteiger partial charge is 0.338 e. The van der Waals surface area contributed by atoms with Gasteiger partial charge in [-0.05, 0) is 73.9 Å².